The number of aryl methyl sites for hydroxylation is 1. The fourth-order valence-electron chi connectivity index (χ4n) is 1.60. The molecule has 1 N–H and O–H groups in total. The Morgan fingerprint density at radius 1 is 1.42 bits per heavy atom. The molecule has 0 spiro atoms. The molecule has 1 heterocycles. The molecule has 0 bridgehead atoms. The van der Waals surface area contributed by atoms with Crippen molar-refractivity contribution in [3.8, 4) is 0 Å². The smallest absolute Gasteiger partial charge is 0.325 e. The summed E-state index contributed by atoms with van der Waals surface area (Å²) in [5.41, 5.74) is 0. The maximum Gasteiger partial charge on any atom is 0.325 e. The van der Waals surface area contributed by atoms with E-state index in [-0.39, 0.29) is 24.2 Å². The molecule has 19 heavy (non-hydrogen) atoms. The van der Waals surface area contributed by atoms with E-state index in [1.165, 1.54) is 4.90 Å². The van der Waals surface area contributed by atoms with Crippen LogP contribution in [-0.2, 0) is 9.53 Å². The van der Waals surface area contributed by atoms with Crippen LogP contribution in [0.5, 0.6) is 0 Å². The first kappa shape index (κ1) is 15.1. The average Bonchev–Trinajstić information content (AvgIpc) is 2.73. The lowest BCUT2D eigenvalue weighted by atomic mass is 10.2. The van der Waals surface area contributed by atoms with Gasteiger partial charge in [0, 0.05) is 6.54 Å². The Morgan fingerprint density at radius 2 is 2.11 bits per heavy atom. The number of H-pyrrole nitrogens is 1. The second-order valence-corrected chi connectivity index (χ2v) is 4.63. The van der Waals surface area contributed by atoms with E-state index in [1.54, 1.807) is 13.8 Å². The summed E-state index contributed by atoms with van der Waals surface area (Å²) in [6.45, 7) is 8.03. The second-order valence-electron chi connectivity index (χ2n) is 4.63. The van der Waals surface area contributed by atoms with Crippen molar-refractivity contribution in [3.63, 3.8) is 0 Å². The van der Waals surface area contributed by atoms with E-state index in [2.05, 4.69) is 15.2 Å². The summed E-state index contributed by atoms with van der Waals surface area (Å²) in [4.78, 5) is 29.1. The van der Waals surface area contributed by atoms with Crippen molar-refractivity contribution in [2.24, 2.45) is 5.92 Å². The average molecular weight is 268 g/mol. The molecule has 1 aromatic rings. The number of aromatic amines is 1. The van der Waals surface area contributed by atoms with Crippen LogP contribution in [0.4, 0.5) is 0 Å². The molecule has 0 fully saturated rings. The highest BCUT2D eigenvalue weighted by molar-refractivity contribution is 5.92. The Kier molecular flexibility index (Phi) is 5.47. The van der Waals surface area contributed by atoms with Gasteiger partial charge in [0.2, 0.25) is 5.82 Å². The topological polar surface area (TPSA) is 88.2 Å². The number of hydrogen-bond acceptors (Lipinski definition) is 5. The monoisotopic (exact) mass is 268 g/mol. The fourth-order valence-corrected chi connectivity index (χ4v) is 1.60. The van der Waals surface area contributed by atoms with Crippen molar-refractivity contribution in [3.05, 3.63) is 11.6 Å². The molecular formula is C12H20N4O3. The van der Waals surface area contributed by atoms with E-state index in [0.29, 0.717) is 19.0 Å². The molecule has 7 heteroatoms. The minimum absolute atomic E-state index is 0.0717. The number of esters is 1. The lowest BCUT2D eigenvalue weighted by Gasteiger charge is -2.22. The molecule has 0 aromatic carbocycles. The van der Waals surface area contributed by atoms with Crippen LogP contribution in [0.25, 0.3) is 0 Å². The number of nitrogens with one attached hydrogen (secondary N) is 1. The highest BCUT2D eigenvalue weighted by atomic mass is 16.5. The summed E-state index contributed by atoms with van der Waals surface area (Å²) in [5, 5.41) is 6.43. The van der Waals surface area contributed by atoms with Gasteiger partial charge in [0.05, 0.1) is 6.61 Å². The molecule has 0 radical (unpaired) electrons. The molecule has 1 aromatic heterocycles. The van der Waals surface area contributed by atoms with Gasteiger partial charge in [-0.15, -0.1) is 5.10 Å². The minimum Gasteiger partial charge on any atom is -0.465 e. The van der Waals surface area contributed by atoms with Crippen molar-refractivity contribution in [2.75, 3.05) is 19.7 Å². The Balaban J connectivity index is 2.78. The molecule has 0 aliphatic rings. The summed E-state index contributed by atoms with van der Waals surface area (Å²) < 4.78 is 4.86. The SMILES string of the molecule is CCOC(=O)CN(CC(C)C)C(=O)c1n[nH]c(C)n1. The third kappa shape index (κ3) is 4.69. The van der Waals surface area contributed by atoms with E-state index in [4.69, 9.17) is 4.74 Å². The zero-order valence-corrected chi connectivity index (χ0v) is 11.8. The van der Waals surface area contributed by atoms with E-state index in [0.717, 1.165) is 0 Å². The minimum atomic E-state index is -0.427. The van der Waals surface area contributed by atoms with E-state index in [1.807, 2.05) is 13.8 Å². The number of rotatable bonds is 6. The van der Waals surface area contributed by atoms with Gasteiger partial charge in [-0.25, -0.2) is 4.98 Å². The van der Waals surface area contributed by atoms with E-state index >= 15 is 0 Å². The Hall–Kier alpha value is -1.92. The molecule has 1 rings (SSSR count). The highest BCUT2D eigenvalue weighted by Gasteiger charge is 2.23. The molecule has 0 aliphatic heterocycles. The number of aromatic nitrogens is 3. The van der Waals surface area contributed by atoms with Crippen molar-refractivity contribution in [2.45, 2.75) is 27.7 Å². The second kappa shape index (κ2) is 6.86. The first-order valence-electron chi connectivity index (χ1n) is 6.28. The predicted molar refractivity (Wildman–Crippen MR) is 68.5 cm³/mol. The van der Waals surface area contributed by atoms with Crippen LogP contribution in [0.1, 0.15) is 37.2 Å². The van der Waals surface area contributed by atoms with Crippen LogP contribution in [0.3, 0.4) is 0 Å². The number of nitrogens with zero attached hydrogens (tertiary/aromatic N) is 3. The van der Waals surface area contributed by atoms with Crippen molar-refractivity contribution >= 4 is 11.9 Å². The van der Waals surface area contributed by atoms with Crippen LogP contribution in [0.15, 0.2) is 0 Å². The largest absolute Gasteiger partial charge is 0.465 e. The van der Waals surface area contributed by atoms with Crippen molar-refractivity contribution in [1.82, 2.24) is 20.1 Å². The van der Waals surface area contributed by atoms with Crippen LogP contribution in [0, 0.1) is 12.8 Å². The lowest BCUT2D eigenvalue weighted by Crippen LogP contribution is -2.39. The maximum absolute atomic E-state index is 12.2. The van der Waals surface area contributed by atoms with E-state index < -0.39 is 5.97 Å². The van der Waals surface area contributed by atoms with Gasteiger partial charge < -0.3 is 9.64 Å². The van der Waals surface area contributed by atoms with Gasteiger partial charge in [-0.2, -0.15) is 0 Å². The first-order valence-corrected chi connectivity index (χ1v) is 6.28. The van der Waals surface area contributed by atoms with Gasteiger partial charge in [0.1, 0.15) is 12.4 Å². The van der Waals surface area contributed by atoms with Crippen molar-refractivity contribution < 1.29 is 14.3 Å². The van der Waals surface area contributed by atoms with Gasteiger partial charge >= 0.3 is 5.97 Å². The molecule has 0 saturated carbocycles. The maximum atomic E-state index is 12.2. The molecule has 1 amide bonds. The zero-order valence-electron chi connectivity index (χ0n) is 11.8. The Morgan fingerprint density at radius 3 is 2.58 bits per heavy atom. The van der Waals surface area contributed by atoms with Gasteiger partial charge in [-0.3, -0.25) is 14.7 Å². The van der Waals surface area contributed by atoms with E-state index in [9.17, 15) is 9.59 Å². The Bertz CT molecular complexity index is 442. The summed E-state index contributed by atoms with van der Waals surface area (Å²) in [5.74, 6) is 0.0692. The highest BCUT2D eigenvalue weighted by Crippen LogP contribution is 2.05. The van der Waals surface area contributed by atoms with Crippen LogP contribution < -0.4 is 0 Å². The standard InChI is InChI=1S/C12H20N4O3/c1-5-19-10(17)7-16(6-8(2)3)12(18)11-13-9(4)14-15-11/h8H,5-7H2,1-4H3,(H,13,14,15). The van der Waals surface area contributed by atoms with Crippen molar-refractivity contribution in [1.29, 1.82) is 0 Å². The normalized spacial score (nSPS) is 10.6. The molecule has 0 unspecified atom stereocenters. The zero-order chi connectivity index (χ0) is 14.4. The molecule has 7 nitrogen and oxygen atoms in total. The third-order valence-electron chi connectivity index (χ3n) is 2.29. The first-order chi connectivity index (χ1) is 8.93. The third-order valence-corrected chi connectivity index (χ3v) is 2.29. The number of ether oxygens (including phenoxy) is 1. The number of hydrogen-bond donors (Lipinski definition) is 1. The number of amides is 1. The summed E-state index contributed by atoms with van der Waals surface area (Å²) >= 11 is 0. The van der Waals surface area contributed by atoms with Crippen LogP contribution in [0.2, 0.25) is 0 Å². The molecule has 106 valence electrons. The summed E-state index contributed by atoms with van der Waals surface area (Å²) in [6.07, 6.45) is 0. The van der Waals surface area contributed by atoms with Crippen LogP contribution in [-0.4, -0.2) is 51.7 Å². The van der Waals surface area contributed by atoms with Gasteiger partial charge in [-0.05, 0) is 19.8 Å². The van der Waals surface area contributed by atoms with Gasteiger partial charge in [-0.1, -0.05) is 13.8 Å². The molecule has 0 saturated heterocycles. The quantitative estimate of drug-likeness (QED) is 0.770. The number of carbonyl (C=O) groups is 2. The summed E-state index contributed by atoms with van der Waals surface area (Å²) in [7, 11) is 0. The lowest BCUT2D eigenvalue weighted by molar-refractivity contribution is -0.143. The molecular weight excluding hydrogens is 248 g/mol. The van der Waals surface area contributed by atoms with Crippen LogP contribution >= 0.6 is 0 Å². The number of carbonyl (C=O) groups excluding carboxylic acids is 2. The van der Waals surface area contributed by atoms with Gasteiger partial charge in [0.25, 0.3) is 5.91 Å². The summed E-state index contributed by atoms with van der Waals surface area (Å²) in [6, 6.07) is 0. The Labute approximate surface area is 112 Å². The predicted octanol–water partition coefficient (Wildman–Crippen LogP) is 0.774. The van der Waals surface area contributed by atoms with Gasteiger partial charge in [0.15, 0.2) is 0 Å². The molecule has 0 aliphatic carbocycles. The molecule has 0 atom stereocenters. The fraction of sp³-hybridized carbons (Fsp3) is 0.667.